The summed E-state index contributed by atoms with van der Waals surface area (Å²) in [7, 11) is 1.74. The van der Waals surface area contributed by atoms with Crippen molar-refractivity contribution in [3.05, 3.63) is 47.4 Å². The molecule has 0 aliphatic carbocycles. The van der Waals surface area contributed by atoms with Gasteiger partial charge in [0.2, 0.25) is 0 Å². The van der Waals surface area contributed by atoms with Crippen LogP contribution in [0.15, 0.2) is 30.5 Å². The maximum Gasteiger partial charge on any atom is 0.135 e. The smallest absolute Gasteiger partial charge is 0.135 e. The number of rotatable bonds is 8. The van der Waals surface area contributed by atoms with Crippen LogP contribution in [0.4, 0.5) is 5.82 Å². The van der Waals surface area contributed by atoms with E-state index in [-0.39, 0.29) is 0 Å². The largest absolute Gasteiger partial charge is 0.496 e. The van der Waals surface area contributed by atoms with Gasteiger partial charge in [0, 0.05) is 30.9 Å². The highest BCUT2D eigenvalue weighted by Crippen LogP contribution is 2.23. The number of aromatic nitrogens is 2. The van der Waals surface area contributed by atoms with Crippen LogP contribution >= 0.6 is 0 Å². The summed E-state index contributed by atoms with van der Waals surface area (Å²) in [6.07, 6.45) is 7.49. The monoisotopic (exact) mass is 368 g/mol. The molecule has 1 aliphatic heterocycles. The highest BCUT2D eigenvalue weighted by molar-refractivity contribution is 5.46. The Bertz CT molecular complexity index is 726. The minimum absolute atomic E-state index is 0.604. The lowest BCUT2D eigenvalue weighted by Gasteiger charge is -2.34. The van der Waals surface area contributed by atoms with Gasteiger partial charge in [0.1, 0.15) is 17.4 Å². The van der Waals surface area contributed by atoms with Crippen LogP contribution in [0.2, 0.25) is 0 Å². The number of methoxy groups -OCH3 is 1. The molecule has 0 amide bonds. The van der Waals surface area contributed by atoms with Crippen molar-refractivity contribution in [2.24, 2.45) is 0 Å². The number of aryl methyl sites for hydroxylation is 3. The van der Waals surface area contributed by atoms with Crippen molar-refractivity contribution in [2.75, 3.05) is 31.6 Å². The summed E-state index contributed by atoms with van der Waals surface area (Å²) in [6.45, 7) is 7.32. The summed E-state index contributed by atoms with van der Waals surface area (Å²) < 4.78 is 5.44. The second kappa shape index (κ2) is 9.70. The van der Waals surface area contributed by atoms with Gasteiger partial charge in [-0.05, 0) is 57.2 Å². The van der Waals surface area contributed by atoms with Crippen LogP contribution in [0.3, 0.4) is 0 Å². The third-order valence-electron chi connectivity index (χ3n) is 5.39. The van der Waals surface area contributed by atoms with Gasteiger partial charge in [-0.15, -0.1) is 0 Å². The van der Waals surface area contributed by atoms with Crippen LogP contribution in [0.25, 0.3) is 0 Å². The summed E-state index contributed by atoms with van der Waals surface area (Å²) in [5, 5.41) is 3.74. The summed E-state index contributed by atoms with van der Waals surface area (Å²) in [5.74, 6) is 3.00. The third kappa shape index (κ3) is 5.19. The standard InChI is InChI=1S/C22H32N4O/c1-4-18-16-24-17(2)25-22(18)26-14-11-20(12-15-26)23-13-7-9-19-8-5-6-10-21(19)27-3/h5-6,8,10,16,20,23H,4,7,9,11-15H2,1-3H3. The Labute approximate surface area is 163 Å². The lowest BCUT2D eigenvalue weighted by molar-refractivity contribution is 0.402. The Morgan fingerprint density at radius 2 is 1.96 bits per heavy atom. The fourth-order valence-electron chi connectivity index (χ4n) is 3.80. The molecule has 1 fully saturated rings. The van der Waals surface area contributed by atoms with Crippen LogP contribution in [0.1, 0.15) is 43.1 Å². The van der Waals surface area contributed by atoms with E-state index in [2.05, 4.69) is 34.3 Å². The first-order valence-electron chi connectivity index (χ1n) is 10.1. The Morgan fingerprint density at radius 3 is 2.70 bits per heavy atom. The number of hydrogen-bond donors (Lipinski definition) is 1. The second-order valence-electron chi connectivity index (χ2n) is 7.25. The predicted molar refractivity (Wildman–Crippen MR) is 111 cm³/mol. The molecule has 0 saturated carbocycles. The minimum atomic E-state index is 0.604. The van der Waals surface area contributed by atoms with Crippen LogP contribution < -0.4 is 15.0 Å². The number of nitrogens with zero attached hydrogens (tertiary/aromatic N) is 3. The normalized spacial score (nSPS) is 15.1. The number of ether oxygens (including phenoxy) is 1. The molecule has 0 spiro atoms. The van der Waals surface area contributed by atoms with Crippen molar-refractivity contribution in [3.8, 4) is 5.75 Å². The van der Waals surface area contributed by atoms with E-state index in [0.29, 0.717) is 6.04 Å². The van der Waals surface area contributed by atoms with Crippen molar-refractivity contribution < 1.29 is 4.74 Å². The van der Waals surface area contributed by atoms with Gasteiger partial charge < -0.3 is 15.0 Å². The van der Waals surface area contributed by atoms with Crippen molar-refractivity contribution in [3.63, 3.8) is 0 Å². The van der Waals surface area contributed by atoms with Gasteiger partial charge in [0.15, 0.2) is 0 Å². The first kappa shape index (κ1) is 19.6. The minimum Gasteiger partial charge on any atom is -0.496 e. The zero-order valence-corrected chi connectivity index (χ0v) is 16.9. The van der Waals surface area contributed by atoms with Gasteiger partial charge in [-0.2, -0.15) is 0 Å². The summed E-state index contributed by atoms with van der Waals surface area (Å²) in [4.78, 5) is 11.5. The first-order chi connectivity index (χ1) is 13.2. The van der Waals surface area contributed by atoms with Crippen molar-refractivity contribution in [1.82, 2.24) is 15.3 Å². The Balaban J connectivity index is 1.43. The number of para-hydroxylation sites is 1. The molecular formula is C22H32N4O. The second-order valence-corrected chi connectivity index (χ2v) is 7.25. The average Bonchev–Trinajstić information content (AvgIpc) is 2.72. The Kier molecular flexibility index (Phi) is 7.04. The SMILES string of the molecule is CCc1cnc(C)nc1N1CCC(NCCCc2ccccc2OC)CC1. The van der Waals surface area contributed by atoms with Gasteiger partial charge in [-0.25, -0.2) is 9.97 Å². The van der Waals surface area contributed by atoms with E-state index in [1.165, 1.54) is 24.0 Å². The molecule has 1 aliphatic rings. The summed E-state index contributed by atoms with van der Waals surface area (Å²) >= 11 is 0. The van der Waals surface area contributed by atoms with Crippen LogP contribution in [0.5, 0.6) is 5.75 Å². The summed E-state index contributed by atoms with van der Waals surface area (Å²) in [6, 6.07) is 8.91. The number of piperidine rings is 1. The average molecular weight is 369 g/mol. The van der Waals surface area contributed by atoms with Gasteiger partial charge in [0.25, 0.3) is 0 Å². The molecule has 3 rings (SSSR count). The van der Waals surface area contributed by atoms with Crippen molar-refractivity contribution in [1.29, 1.82) is 0 Å². The molecule has 0 radical (unpaired) electrons. The topological polar surface area (TPSA) is 50.3 Å². The van der Waals surface area contributed by atoms with E-state index in [4.69, 9.17) is 9.72 Å². The van der Waals surface area contributed by atoms with Gasteiger partial charge >= 0.3 is 0 Å². The molecule has 0 unspecified atom stereocenters. The zero-order valence-electron chi connectivity index (χ0n) is 16.9. The predicted octanol–water partition coefficient (Wildman–Crippen LogP) is 3.55. The Morgan fingerprint density at radius 1 is 1.19 bits per heavy atom. The van der Waals surface area contributed by atoms with E-state index in [1.54, 1.807) is 7.11 Å². The van der Waals surface area contributed by atoms with E-state index in [9.17, 15) is 0 Å². The number of nitrogens with one attached hydrogen (secondary N) is 1. The van der Waals surface area contributed by atoms with Crippen LogP contribution in [-0.2, 0) is 12.8 Å². The molecule has 0 atom stereocenters. The number of anilines is 1. The molecule has 5 heteroatoms. The van der Waals surface area contributed by atoms with E-state index in [1.807, 2.05) is 25.3 Å². The maximum absolute atomic E-state index is 5.44. The molecular weight excluding hydrogens is 336 g/mol. The van der Waals surface area contributed by atoms with Gasteiger partial charge in [-0.3, -0.25) is 0 Å². The van der Waals surface area contributed by atoms with Crippen molar-refractivity contribution >= 4 is 5.82 Å². The quantitative estimate of drug-likeness (QED) is 0.722. The van der Waals surface area contributed by atoms with Crippen LogP contribution in [-0.4, -0.2) is 42.8 Å². The fraction of sp³-hybridized carbons (Fsp3) is 0.545. The molecule has 2 heterocycles. The number of benzene rings is 1. The van der Waals surface area contributed by atoms with E-state index < -0.39 is 0 Å². The molecule has 5 nitrogen and oxygen atoms in total. The van der Waals surface area contributed by atoms with Gasteiger partial charge in [-0.1, -0.05) is 25.1 Å². The lowest BCUT2D eigenvalue weighted by atomic mass is 10.0. The molecule has 2 aromatic rings. The van der Waals surface area contributed by atoms with E-state index in [0.717, 1.165) is 56.3 Å². The lowest BCUT2D eigenvalue weighted by Crippen LogP contribution is -2.43. The molecule has 0 bridgehead atoms. The first-order valence-corrected chi connectivity index (χ1v) is 10.1. The molecule has 1 N–H and O–H groups in total. The highest BCUT2D eigenvalue weighted by atomic mass is 16.5. The Hall–Kier alpha value is -2.14. The van der Waals surface area contributed by atoms with Gasteiger partial charge in [0.05, 0.1) is 7.11 Å². The van der Waals surface area contributed by atoms with Crippen LogP contribution in [0, 0.1) is 6.92 Å². The maximum atomic E-state index is 5.44. The molecule has 1 aromatic heterocycles. The van der Waals surface area contributed by atoms with E-state index >= 15 is 0 Å². The zero-order chi connectivity index (χ0) is 19.1. The number of hydrogen-bond acceptors (Lipinski definition) is 5. The summed E-state index contributed by atoms with van der Waals surface area (Å²) in [5.41, 5.74) is 2.55. The molecule has 1 aromatic carbocycles. The molecule has 146 valence electrons. The molecule has 1 saturated heterocycles. The highest BCUT2D eigenvalue weighted by Gasteiger charge is 2.21. The van der Waals surface area contributed by atoms with Crippen molar-refractivity contribution in [2.45, 2.75) is 52.0 Å². The third-order valence-corrected chi connectivity index (χ3v) is 5.39. The molecule has 27 heavy (non-hydrogen) atoms. The fourth-order valence-corrected chi connectivity index (χ4v) is 3.80.